The highest BCUT2D eigenvalue weighted by Crippen LogP contribution is 2.20. The van der Waals surface area contributed by atoms with Crippen molar-refractivity contribution in [3.05, 3.63) is 72.2 Å². The van der Waals surface area contributed by atoms with Crippen molar-refractivity contribution >= 4 is 50.9 Å². The Labute approximate surface area is 220 Å². The van der Waals surface area contributed by atoms with Gasteiger partial charge < -0.3 is 19.4 Å². The van der Waals surface area contributed by atoms with Crippen molar-refractivity contribution in [1.82, 2.24) is 39.4 Å². The molecule has 0 radical (unpaired) electrons. The summed E-state index contributed by atoms with van der Waals surface area (Å²) in [5.74, 6) is 1.03. The number of fused-ring (bicyclic) bond motifs is 2. The number of hydrogen-bond acceptors (Lipinski definition) is 6. The van der Waals surface area contributed by atoms with E-state index in [0.29, 0.717) is 24.7 Å². The second kappa shape index (κ2) is 11.9. The van der Waals surface area contributed by atoms with E-state index in [1.54, 1.807) is 24.8 Å². The Hall–Kier alpha value is -4.52. The SMILES string of the molecule is CCNC(=O)Nc1cn2ccc(-c3cncnc3)cc2n1.CCNC(=O)Nc1cn2ccc(Br)cc2n1. The van der Waals surface area contributed by atoms with Gasteiger partial charge in [-0.15, -0.1) is 0 Å². The average Bonchev–Trinajstić information content (AvgIpc) is 3.47. The van der Waals surface area contributed by atoms with E-state index in [0.717, 1.165) is 26.9 Å². The normalized spacial score (nSPS) is 10.5. The van der Waals surface area contributed by atoms with Gasteiger partial charge in [0, 0.05) is 47.9 Å². The summed E-state index contributed by atoms with van der Waals surface area (Å²) in [6.07, 6.45) is 12.3. The highest BCUT2D eigenvalue weighted by Gasteiger charge is 2.07. The van der Waals surface area contributed by atoms with E-state index in [1.807, 2.05) is 59.3 Å². The van der Waals surface area contributed by atoms with Crippen LogP contribution in [0.5, 0.6) is 0 Å². The number of halogens is 1. The molecule has 0 aliphatic carbocycles. The van der Waals surface area contributed by atoms with Gasteiger partial charge in [-0.25, -0.2) is 29.5 Å². The van der Waals surface area contributed by atoms with E-state index < -0.39 is 0 Å². The molecule has 4 N–H and O–H groups in total. The number of imidazole rings is 2. The van der Waals surface area contributed by atoms with E-state index in [4.69, 9.17) is 0 Å². The molecule has 5 aromatic rings. The molecule has 0 fully saturated rings. The first-order valence-corrected chi connectivity index (χ1v) is 12.2. The number of nitrogens with one attached hydrogen (secondary N) is 4. The van der Waals surface area contributed by atoms with Crippen LogP contribution in [0.25, 0.3) is 22.4 Å². The monoisotopic (exact) mass is 564 g/mol. The van der Waals surface area contributed by atoms with Crippen LogP contribution in [0.2, 0.25) is 0 Å². The molecule has 0 spiro atoms. The maximum absolute atomic E-state index is 11.5. The van der Waals surface area contributed by atoms with Gasteiger partial charge in [0.2, 0.25) is 0 Å². The summed E-state index contributed by atoms with van der Waals surface area (Å²) < 4.78 is 4.64. The van der Waals surface area contributed by atoms with Crippen LogP contribution in [0.1, 0.15) is 13.8 Å². The van der Waals surface area contributed by atoms with Gasteiger partial charge in [-0.2, -0.15) is 0 Å². The zero-order valence-electron chi connectivity index (χ0n) is 20.1. The van der Waals surface area contributed by atoms with Crippen molar-refractivity contribution in [3.63, 3.8) is 0 Å². The summed E-state index contributed by atoms with van der Waals surface area (Å²) >= 11 is 3.36. The minimum atomic E-state index is -0.266. The summed E-state index contributed by atoms with van der Waals surface area (Å²) in [5.41, 5.74) is 3.41. The summed E-state index contributed by atoms with van der Waals surface area (Å²) in [7, 11) is 0. The number of carbonyl (C=O) groups excluding carboxylic acids is 2. The number of aromatic nitrogens is 6. The van der Waals surface area contributed by atoms with Crippen molar-refractivity contribution in [2.24, 2.45) is 0 Å². The van der Waals surface area contributed by atoms with Crippen LogP contribution in [0.3, 0.4) is 0 Å². The van der Waals surface area contributed by atoms with Crippen molar-refractivity contribution in [2.75, 3.05) is 23.7 Å². The average molecular weight is 565 g/mol. The molecule has 12 nitrogen and oxygen atoms in total. The molecule has 0 atom stereocenters. The van der Waals surface area contributed by atoms with Gasteiger partial charge in [0.1, 0.15) is 17.6 Å². The van der Waals surface area contributed by atoms with Crippen molar-refractivity contribution in [1.29, 1.82) is 0 Å². The molecule has 13 heteroatoms. The maximum atomic E-state index is 11.5. The summed E-state index contributed by atoms with van der Waals surface area (Å²) in [6, 6.07) is 7.14. The highest BCUT2D eigenvalue weighted by atomic mass is 79.9. The number of hydrogen-bond donors (Lipinski definition) is 4. The highest BCUT2D eigenvalue weighted by molar-refractivity contribution is 9.10. The number of urea groups is 2. The topological polar surface area (TPSA) is 143 Å². The Morgan fingerprint density at radius 3 is 1.92 bits per heavy atom. The lowest BCUT2D eigenvalue weighted by Gasteiger charge is -2.00. The maximum Gasteiger partial charge on any atom is 0.320 e. The minimum absolute atomic E-state index is 0.245. The quantitative estimate of drug-likeness (QED) is 0.252. The predicted octanol–water partition coefficient (Wildman–Crippen LogP) is 4.17. The van der Waals surface area contributed by atoms with Gasteiger partial charge in [0.15, 0.2) is 11.6 Å². The van der Waals surface area contributed by atoms with Crippen LogP contribution >= 0.6 is 15.9 Å². The molecule has 0 unspecified atom stereocenters. The van der Waals surface area contributed by atoms with Gasteiger partial charge >= 0.3 is 12.1 Å². The summed E-state index contributed by atoms with van der Waals surface area (Å²) in [5, 5.41) is 10.6. The van der Waals surface area contributed by atoms with Gasteiger partial charge in [-0.3, -0.25) is 10.6 Å². The number of carbonyl (C=O) groups is 2. The van der Waals surface area contributed by atoms with Crippen molar-refractivity contribution in [3.8, 4) is 11.1 Å². The third-order valence-electron chi connectivity index (χ3n) is 4.93. The number of amides is 4. The Balaban J connectivity index is 0.000000180. The second-order valence-electron chi connectivity index (χ2n) is 7.64. The van der Waals surface area contributed by atoms with E-state index in [2.05, 4.69) is 57.1 Å². The second-order valence-corrected chi connectivity index (χ2v) is 8.56. The van der Waals surface area contributed by atoms with Crippen molar-refractivity contribution < 1.29 is 9.59 Å². The molecule has 37 heavy (non-hydrogen) atoms. The number of anilines is 2. The standard InChI is InChI=1S/C14H14N6O.C10H11BrN4O/c1-2-17-14(21)19-12-8-20-4-3-10(5-13(20)18-12)11-6-15-9-16-7-11;1-2-12-10(16)14-8-6-15-4-3-7(11)5-9(15)13-8/h3-9H,2H2,1H3,(H2,17,19,21);3-6H,2H2,1H3,(H2,12,14,16). The fraction of sp³-hybridized carbons (Fsp3) is 0.167. The van der Waals surface area contributed by atoms with E-state index in [9.17, 15) is 9.59 Å². The molecule has 5 heterocycles. The van der Waals surface area contributed by atoms with Gasteiger partial charge in [0.05, 0.1) is 12.4 Å². The van der Waals surface area contributed by atoms with Gasteiger partial charge in [0.25, 0.3) is 0 Å². The Morgan fingerprint density at radius 1 is 0.811 bits per heavy atom. The van der Waals surface area contributed by atoms with Crippen LogP contribution in [0.4, 0.5) is 21.2 Å². The molecule has 0 aliphatic rings. The van der Waals surface area contributed by atoms with E-state index in [-0.39, 0.29) is 12.1 Å². The van der Waals surface area contributed by atoms with E-state index >= 15 is 0 Å². The lowest BCUT2D eigenvalue weighted by Crippen LogP contribution is -2.28. The molecule has 0 saturated heterocycles. The Kier molecular flexibility index (Phi) is 8.26. The molecule has 0 aliphatic heterocycles. The number of pyridine rings is 2. The van der Waals surface area contributed by atoms with Crippen LogP contribution in [-0.2, 0) is 0 Å². The smallest absolute Gasteiger partial charge is 0.320 e. The van der Waals surface area contributed by atoms with Crippen LogP contribution in [0, 0.1) is 0 Å². The molecule has 0 bridgehead atoms. The summed E-state index contributed by atoms with van der Waals surface area (Å²) in [6.45, 7) is 4.87. The molecule has 5 rings (SSSR count). The molecule has 0 aromatic carbocycles. The first-order valence-electron chi connectivity index (χ1n) is 11.4. The molecule has 0 saturated carbocycles. The fourth-order valence-electron chi connectivity index (χ4n) is 3.33. The zero-order valence-corrected chi connectivity index (χ0v) is 21.7. The Bertz CT molecular complexity index is 1520. The van der Waals surface area contributed by atoms with Crippen molar-refractivity contribution in [2.45, 2.75) is 13.8 Å². The third kappa shape index (κ3) is 6.79. The molecule has 5 aromatic heterocycles. The predicted molar refractivity (Wildman–Crippen MR) is 145 cm³/mol. The minimum Gasteiger partial charge on any atom is -0.338 e. The van der Waals surface area contributed by atoms with Gasteiger partial charge in [-0.05, 0) is 43.7 Å². The van der Waals surface area contributed by atoms with E-state index in [1.165, 1.54) is 6.33 Å². The zero-order chi connectivity index (χ0) is 26.2. The third-order valence-corrected chi connectivity index (χ3v) is 5.43. The molecular weight excluding hydrogens is 540 g/mol. The van der Waals surface area contributed by atoms with Crippen LogP contribution in [-0.4, -0.2) is 53.9 Å². The van der Waals surface area contributed by atoms with Gasteiger partial charge in [-0.1, -0.05) is 15.9 Å². The summed E-state index contributed by atoms with van der Waals surface area (Å²) in [4.78, 5) is 39.4. The molecule has 190 valence electrons. The number of rotatable bonds is 5. The molecule has 4 amide bonds. The first kappa shape index (κ1) is 25.6. The lowest BCUT2D eigenvalue weighted by atomic mass is 10.1. The molecular formula is C24H25BrN10O2. The van der Waals surface area contributed by atoms with Crippen LogP contribution in [0.15, 0.2) is 72.2 Å². The number of nitrogens with zero attached hydrogens (tertiary/aromatic N) is 6. The largest absolute Gasteiger partial charge is 0.338 e. The van der Waals surface area contributed by atoms with Crippen LogP contribution < -0.4 is 21.3 Å². The fourth-order valence-corrected chi connectivity index (χ4v) is 3.65. The Morgan fingerprint density at radius 2 is 1.35 bits per heavy atom. The first-order chi connectivity index (χ1) is 17.9. The lowest BCUT2D eigenvalue weighted by molar-refractivity contribution is 0.251.